The van der Waals surface area contributed by atoms with Gasteiger partial charge in [0, 0.05) is 31.7 Å². The number of nitrogens with zero attached hydrogens (tertiary/aromatic N) is 2. The van der Waals surface area contributed by atoms with Gasteiger partial charge in [-0.2, -0.15) is 0 Å². The van der Waals surface area contributed by atoms with Crippen molar-refractivity contribution in [1.82, 2.24) is 9.80 Å². The van der Waals surface area contributed by atoms with Gasteiger partial charge >= 0.3 is 0 Å². The summed E-state index contributed by atoms with van der Waals surface area (Å²) in [6.45, 7) is 3.52. The largest absolute Gasteiger partial charge is 0.324 e. The number of hydrogen-bond donors (Lipinski definition) is 1. The molecule has 1 aliphatic heterocycles. The molecule has 0 saturated carbocycles. The SMILES string of the molecule is CN1CCN(C)C(CC(N)C2=CCCCCC2)C1. The molecule has 1 saturated heterocycles. The van der Waals surface area contributed by atoms with Crippen LogP contribution in [0.4, 0.5) is 0 Å². The van der Waals surface area contributed by atoms with Crippen molar-refractivity contribution in [1.29, 1.82) is 0 Å². The van der Waals surface area contributed by atoms with E-state index >= 15 is 0 Å². The van der Waals surface area contributed by atoms with Crippen LogP contribution in [0.25, 0.3) is 0 Å². The molecule has 2 unspecified atom stereocenters. The van der Waals surface area contributed by atoms with Gasteiger partial charge in [0.1, 0.15) is 0 Å². The molecule has 0 aromatic carbocycles. The highest BCUT2D eigenvalue weighted by molar-refractivity contribution is 5.12. The maximum Gasteiger partial charge on any atom is 0.0269 e. The quantitative estimate of drug-likeness (QED) is 0.777. The molecular weight excluding hydrogens is 222 g/mol. The Morgan fingerprint density at radius 2 is 2.11 bits per heavy atom. The maximum absolute atomic E-state index is 6.44. The van der Waals surface area contributed by atoms with Gasteiger partial charge in [-0.25, -0.2) is 0 Å². The first-order chi connectivity index (χ1) is 8.66. The second-order valence-electron chi connectivity index (χ2n) is 6.12. The van der Waals surface area contributed by atoms with Crippen LogP contribution in [-0.4, -0.2) is 55.6 Å². The lowest BCUT2D eigenvalue weighted by Crippen LogP contribution is -2.51. The first kappa shape index (κ1) is 14.0. The highest BCUT2D eigenvalue weighted by Crippen LogP contribution is 2.22. The fourth-order valence-corrected chi connectivity index (χ4v) is 3.18. The molecule has 0 aromatic rings. The van der Waals surface area contributed by atoms with Crippen LogP contribution in [0.3, 0.4) is 0 Å². The molecule has 1 fully saturated rings. The van der Waals surface area contributed by atoms with Gasteiger partial charge in [-0.1, -0.05) is 18.1 Å². The number of hydrogen-bond acceptors (Lipinski definition) is 3. The normalized spacial score (nSPS) is 29.7. The van der Waals surface area contributed by atoms with Crippen molar-refractivity contribution in [3.05, 3.63) is 11.6 Å². The van der Waals surface area contributed by atoms with Gasteiger partial charge in [-0.15, -0.1) is 0 Å². The van der Waals surface area contributed by atoms with Crippen molar-refractivity contribution in [3.8, 4) is 0 Å². The molecule has 3 heteroatoms. The number of nitrogens with two attached hydrogens (primary N) is 1. The number of piperazine rings is 1. The summed E-state index contributed by atoms with van der Waals surface area (Å²) in [5, 5.41) is 0. The molecule has 2 aliphatic rings. The van der Waals surface area contributed by atoms with E-state index in [2.05, 4.69) is 30.0 Å². The Balaban J connectivity index is 1.88. The van der Waals surface area contributed by atoms with Gasteiger partial charge in [0.05, 0.1) is 0 Å². The summed E-state index contributed by atoms with van der Waals surface area (Å²) in [7, 11) is 4.46. The summed E-state index contributed by atoms with van der Waals surface area (Å²) in [6, 6.07) is 0.907. The molecule has 2 N–H and O–H groups in total. The van der Waals surface area contributed by atoms with E-state index in [0.29, 0.717) is 6.04 Å². The van der Waals surface area contributed by atoms with Crippen molar-refractivity contribution in [2.24, 2.45) is 5.73 Å². The number of allylic oxidation sites excluding steroid dienone is 1. The summed E-state index contributed by atoms with van der Waals surface area (Å²) in [6.07, 6.45) is 10.1. The van der Waals surface area contributed by atoms with Gasteiger partial charge in [0.2, 0.25) is 0 Å². The van der Waals surface area contributed by atoms with Crippen LogP contribution in [0.2, 0.25) is 0 Å². The average molecular weight is 251 g/mol. The minimum atomic E-state index is 0.280. The lowest BCUT2D eigenvalue weighted by atomic mass is 9.95. The highest BCUT2D eigenvalue weighted by atomic mass is 15.3. The van der Waals surface area contributed by atoms with E-state index in [4.69, 9.17) is 5.73 Å². The van der Waals surface area contributed by atoms with Crippen molar-refractivity contribution >= 4 is 0 Å². The lowest BCUT2D eigenvalue weighted by Gasteiger charge is -2.39. The minimum absolute atomic E-state index is 0.280. The Kier molecular flexibility index (Phi) is 5.22. The van der Waals surface area contributed by atoms with Crippen LogP contribution in [-0.2, 0) is 0 Å². The monoisotopic (exact) mass is 251 g/mol. The predicted octanol–water partition coefficient (Wildman–Crippen LogP) is 1.84. The summed E-state index contributed by atoms with van der Waals surface area (Å²) in [4.78, 5) is 4.91. The van der Waals surface area contributed by atoms with Crippen molar-refractivity contribution < 1.29 is 0 Å². The van der Waals surface area contributed by atoms with Crippen LogP contribution < -0.4 is 5.73 Å². The molecule has 0 aromatic heterocycles. The van der Waals surface area contributed by atoms with E-state index in [0.717, 1.165) is 13.0 Å². The fourth-order valence-electron chi connectivity index (χ4n) is 3.18. The molecule has 0 radical (unpaired) electrons. The molecule has 0 bridgehead atoms. The molecule has 0 spiro atoms. The minimum Gasteiger partial charge on any atom is -0.324 e. The Hall–Kier alpha value is -0.380. The lowest BCUT2D eigenvalue weighted by molar-refractivity contribution is 0.106. The Bertz CT molecular complexity index is 287. The topological polar surface area (TPSA) is 32.5 Å². The molecule has 1 aliphatic carbocycles. The molecular formula is C15H29N3. The summed E-state index contributed by atoms with van der Waals surface area (Å²) < 4.78 is 0. The zero-order valence-corrected chi connectivity index (χ0v) is 12.1. The van der Waals surface area contributed by atoms with E-state index < -0.39 is 0 Å². The summed E-state index contributed by atoms with van der Waals surface area (Å²) >= 11 is 0. The van der Waals surface area contributed by atoms with E-state index in [1.165, 1.54) is 50.8 Å². The van der Waals surface area contributed by atoms with E-state index in [1.807, 2.05) is 0 Å². The van der Waals surface area contributed by atoms with Crippen LogP contribution >= 0.6 is 0 Å². The highest BCUT2D eigenvalue weighted by Gasteiger charge is 2.25. The third-order valence-electron chi connectivity index (χ3n) is 4.56. The first-order valence-corrected chi connectivity index (χ1v) is 7.50. The van der Waals surface area contributed by atoms with E-state index in [1.54, 1.807) is 0 Å². The van der Waals surface area contributed by atoms with Crippen molar-refractivity contribution in [2.45, 2.75) is 50.6 Å². The maximum atomic E-state index is 6.44. The number of rotatable bonds is 3. The second-order valence-corrected chi connectivity index (χ2v) is 6.12. The summed E-state index contributed by atoms with van der Waals surface area (Å²) in [5.41, 5.74) is 7.97. The average Bonchev–Trinajstić information content (AvgIpc) is 2.62. The number of likely N-dealkylation sites (N-methyl/N-ethyl adjacent to an activating group) is 2. The van der Waals surface area contributed by atoms with Gasteiger partial charge in [-0.3, -0.25) is 0 Å². The third kappa shape index (κ3) is 3.81. The Labute approximate surface area is 112 Å². The third-order valence-corrected chi connectivity index (χ3v) is 4.56. The van der Waals surface area contributed by atoms with Crippen LogP contribution in [0.15, 0.2) is 11.6 Å². The van der Waals surface area contributed by atoms with Gasteiger partial charge < -0.3 is 15.5 Å². The van der Waals surface area contributed by atoms with Gasteiger partial charge in [0.15, 0.2) is 0 Å². The molecule has 18 heavy (non-hydrogen) atoms. The Morgan fingerprint density at radius 1 is 1.28 bits per heavy atom. The molecule has 1 heterocycles. The smallest absolute Gasteiger partial charge is 0.0269 e. The van der Waals surface area contributed by atoms with E-state index in [-0.39, 0.29) is 6.04 Å². The predicted molar refractivity (Wildman–Crippen MR) is 77.7 cm³/mol. The van der Waals surface area contributed by atoms with E-state index in [9.17, 15) is 0 Å². The molecule has 0 amide bonds. The second kappa shape index (κ2) is 6.69. The van der Waals surface area contributed by atoms with Crippen molar-refractivity contribution in [2.75, 3.05) is 33.7 Å². The zero-order chi connectivity index (χ0) is 13.0. The van der Waals surface area contributed by atoms with Crippen LogP contribution in [0.5, 0.6) is 0 Å². The van der Waals surface area contributed by atoms with Crippen LogP contribution in [0.1, 0.15) is 38.5 Å². The van der Waals surface area contributed by atoms with Crippen LogP contribution in [0, 0.1) is 0 Å². The molecule has 2 atom stereocenters. The standard InChI is InChI=1S/C15H29N3/c1-17-9-10-18(2)14(12-17)11-15(16)13-7-5-3-4-6-8-13/h7,14-15H,3-6,8-12,16H2,1-2H3. The van der Waals surface area contributed by atoms with Crippen molar-refractivity contribution in [3.63, 3.8) is 0 Å². The first-order valence-electron chi connectivity index (χ1n) is 7.50. The molecule has 104 valence electrons. The fraction of sp³-hybridized carbons (Fsp3) is 0.867. The molecule has 3 nitrogen and oxygen atoms in total. The molecule has 2 rings (SSSR count). The van der Waals surface area contributed by atoms with Gasteiger partial charge in [0.25, 0.3) is 0 Å². The summed E-state index contributed by atoms with van der Waals surface area (Å²) in [5.74, 6) is 0. The zero-order valence-electron chi connectivity index (χ0n) is 12.1. The Morgan fingerprint density at radius 3 is 2.94 bits per heavy atom. The van der Waals surface area contributed by atoms with Gasteiger partial charge in [-0.05, 0) is 46.2 Å².